The molecule has 0 spiro atoms. The number of quaternary nitrogens is 1. The Kier molecular flexibility index (Phi) is 69.6. The van der Waals surface area contributed by atoms with E-state index in [1.165, 1.54) is 347 Å². The van der Waals surface area contributed by atoms with E-state index < -0.39 is 26.5 Å². The van der Waals surface area contributed by atoms with Gasteiger partial charge in [-0.25, -0.2) is 4.57 Å². The Hall–Kier alpha value is -1.51. The van der Waals surface area contributed by atoms with Crippen LogP contribution in [0.2, 0.25) is 0 Å². The van der Waals surface area contributed by atoms with E-state index in [-0.39, 0.29) is 25.6 Å². The number of likely N-dealkylation sites (N-methyl/N-ethyl adjacent to an activating group) is 1. The third-order valence-corrected chi connectivity index (χ3v) is 19.2. The fraction of sp³-hybridized carbons (Fsp3) is 0.924. The van der Waals surface area contributed by atoms with Gasteiger partial charge in [-0.2, -0.15) is 0 Å². The van der Waals surface area contributed by atoms with Gasteiger partial charge in [0.05, 0.1) is 27.7 Å². The number of allylic oxidation sites excluding steroid dienone is 4. The number of nitrogens with zero attached hydrogens (tertiary/aromatic N) is 1. The first-order valence-corrected chi connectivity index (χ1v) is 41.1. The minimum Gasteiger partial charge on any atom is -0.462 e. The molecule has 0 aliphatic heterocycles. The topological polar surface area (TPSA) is 108 Å². The molecule has 0 aromatic carbocycles. The molecule has 0 bridgehead atoms. The van der Waals surface area contributed by atoms with Crippen molar-refractivity contribution < 1.29 is 42.1 Å². The van der Waals surface area contributed by atoms with Crippen molar-refractivity contribution in [3.05, 3.63) is 24.3 Å². The zero-order chi connectivity index (χ0) is 64.8. The highest BCUT2D eigenvalue weighted by Crippen LogP contribution is 2.43. The van der Waals surface area contributed by atoms with E-state index in [1.54, 1.807) is 0 Å². The lowest BCUT2D eigenvalue weighted by atomic mass is 10.0. The van der Waals surface area contributed by atoms with E-state index in [4.69, 9.17) is 18.5 Å². The molecule has 2 atom stereocenters. The molecule has 0 rings (SSSR count). The van der Waals surface area contributed by atoms with Crippen molar-refractivity contribution in [1.82, 2.24) is 0 Å². The molecule has 1 N–H and O–H groups in total. The van der Waals surface area contributed by atoms with Gasteiger partial charge in [-0.3, -0.25) is 18.6 Å². The smallest absolute Gasteiger partial charge is 0.462 e. The SMILES string of the molecule is CCCCCCC/C=C\C/C=C\CCCCCCCCCCCCCCCCCCCC(=O)OC(COC(=O)CCCCCCCCCCCCCCCCCCCCCCCCCCCCCCCCCCCCCC)COP(=O)(O)OCC[N+](C)(C)C. The number of esters is 2. The average Bonchev–Trinajstić information content (AvgIpc) is 3.60. The van der Waals surface area contributed by atoms with Crippen molar-refractivity contribution in [2.24, 2.45) is 0 Å². The van der Waals surface area contributed by atoms with Crippen LogP contribution in [0.25, 0.3) is 0 Å². The standard InChI is InChI=1S/C79H154NO8P/c1-6-8-10-12-14-16-18-20-22-24-26-28-30-32-34-36-37-38-39-40-41-42-44-45-47-49-51-53-55-57-59-61-63-65-67-69-71-78(81)85-75-77(76-87-89(83,84)86-74-73-80(3,4)5)88-79(82)72-70-68-66-64-62-60-58-56-54-52-50-48-46-43-35-33-31-29-27-25-23-21-19-17-15-13-11-9-7-2/h19,21,25,27,77H,6-18,20,22-24,26,28-76H2,1-5H3/p+1/b21-19-,27-25-. The van der Waals surface area contributed by atoms with Crippen LogP contribution in [0.3, 0.4) is 0 Å². The highest BCUT2D eigenvalue weighted by atomic mass is 31.2. The fourth-order valence-electron chi connectivity index (χ4n) is 12.2. The van der Waals surface area contributed by atoms with Crippen LogP contribution in [0, 0.1) is 0 Å². The first-order valence-electron chi connectivity index (χ1n) is 39.6. The molecule has 0 saturated heterocycles. The van der Waals surface area contributed by atoms with Crippen LogP contribution >= 0.6 is 7.82 Å². The van der Waals surface area contributed by atoms with Gasteiger partial charge in [0.1, 0.15) is 19.8 Å². The zero-order valence-corrected chi connectivity index (χ0v) is 61.4. The Morgan fingerprint density at radius 2 is 0.607 bits per heavy atom. The number of rotatable bonds is 75. The van der Waals surface area contributed by atoms with Crippen molar-refractivity contribution in [2.45, 2.75) is 424 Å². The summed E-state index contributed by atoms with van der Waals surface area (Å²) >= 11 is 0. The molecule has 0 aromatic rings. The summed E-state index contributed by atoms with van der Waals surface area (Å²) in [6.07, 6.45) is 90.5. The number of ether oxygens (including phenoxy) is 2. The van der Waals surface area contributed by atoms with E-state index in [9.17, 15) is 19.0 Å². The summed E-state index contributed by atoms with van der Waals surface area (Å²) < 4.78 is 34.8. The Morgan fingerprint density at radius 3 is 0.888 bits per heavy atom. The van der Waals surface area contributed by atoms with E-state index in [2.05, 4.69) is 38.2 Å². The molecule has 0 amide bonds. The maximum Gasteiger partial charge on any atom is 0.472 e. The normalized spacial score (nSPS) is 13.1. The van der Waals surface area contributed by atoms with Crippen LogP contribution in [-0.4, -0.2) is 74.9 Å². The third-order valence-electron chi connectivity index (χ3n) is 18.2. The lowest BCUT2D eigenvalue weighted by molar-refractivity contribution is -0.870. The van der Waals surface area contributed by atoms with Crippen LogP contribution in [0.5, 0.6) is 0 Å². The number of carbonyl (C=O) groups is 2. The molecule has 0 fully saturated rings. The number of phosphoric acid groups is 1. The molecule has 89 heavy (non-hydrogen) atoms. The van der Waals surface area contributed by atoms with Crippen molar-refractivity contribution >= 4 is 19.8 Å². The van der Waals surface area contributed by atoms with Crippen LogP contribution < -0.4 is 0 Å². The van der Waals surface area contributed by atoms with Gasteiger partial charge in [-0.1, -0.05) is 385 Å². The van der Waals surface area contributed by atoms with Gasteiger partial charge >= 0.3 is 19.8 Å². The monoisotopic (exact) mass is 1280 g/mol. The highest BCUT2D eigenvalue weighted by molar-refractivity contribution is 7.47. The number of hydrogen-bond acceptors (Lipinski definition) is 7. The molecule has 528 valence electrons. The Morgan fingerprint density at radius 1 is 0.348 bits per heavy atom. The lowest BCUT2D eigenvalue weighted by Gasteiger charge is -2.24. The van der Waals surface area contributed by atoms with Crippen LogP contribution in [0.1, 0.15) is 418 Å². The maximum atomic E-state index is 12.9. The van der Waals surface area contributed by atoms with Crippen molar-refractivity contribution in [2.75, 3.05) is 47.5 Å². The number of unbranched alkanes of at least 4 members (excludes halogenated alkanes) is 57. The van der Waals surface area contributed by atoms with Crippen molar-refractivity contribution in [3.8, 4) is 0 Å². The first-order chi connectivity index (χ1) is 43.5. The van der Waals surface area contributed by atoms with Gasteiger partial charge in [0.25, 0.3) is 0 Å². The van der Waals surface area contributed by atoms with E-state index in [0.717, 1.165) is 38.5 Å². The minimum absolute atomic E-state index is 0.0356. The predicted molar refractivity (Wildman–Crippen MR) is 386 cm³/mol. The first kappa shape index (κ1) is 87.5. The summed E-state index contributed by atoms with van der Waals surface area (Å²) in [5.74, 6) is -0.771. The predicted octanol–water partition coefficient (Wildman–Crippen LogP) is 26.0. The number of phosphoric ester groups is 1. The molecule has 2 unspecified atom stereocenters. The summed E-state index contributed by atoms with van der Waals surface area (Å²) in [6, 6.07) is 0. The number of carbonyl (C=O) groups excluding carboxylic acids is 2. The second kappa shape index (κ2) is 70.8. The number of hydrogen-bond donors (Lipinski definition) is 1. The van der Waals surface area contributed by atoms with Crippen LogP contribution in [-0.2, 0) is 32.7 Å². The Bertz CT molecular complexity index is 1550. The molecular formula is C79H155NO8P+. The summed E-state index contributed by atoms with van der Waals surface area (Å²) in [4.78, 5) is 36.0. The zero-order valence-electron chi connectivity index (χ0n) is 60.5. The van der Waals surface area contributed by atoms with E-state index in [0.29, 0.717) is 23.9 Å². The minimum atomic E-state index is -4.39. The summed E-state index contributed by atoms with van der Waals surface area (Å²) in [7, 11) is 1.50. The van der Waals surface area contributed by atoms with Crippen molar-refractivity contribution in [3.63, 3.8) is 0 Å². The molecule has 0 saturated carbocycles. The highest BCUT2D eigenvalue weighted by Gasteiger charge is 2.27. The van der Waals surface area contributed by atoms with Gasteiger partial charge in [-0.15, -0.1) is 0 Å². The molecule has 0 radical (unpaired) electrons. The Labute approximate surface area is 555 Å². The third kappa shape index (κ3) is 75.4. The fourth-order valence-corrected chi connectivity index (χ4v) is 12.9. The van der Waals surface area contributed by atoms with Gasteiger partial charge in [0.2, 0.25) is 0 Å². The second-order valence-electron chi connectivity index (χ2n) is 28.5. The van der Waals surface area contributed by atoms with Gasteiger partial charge in [0, 0.05) is 12.8 Å². The molecule has 0 aliphatic rings. The maximum absolute atomic E-state index is 12.9. The van der Waals surface area contributed by atoms with Crippen molar-refractivity contribution in [1.29, 1.82) is 0 Å². The van der Waals surface area contributed by atoms with Gasteiger partial charge < -0.3 is 18.9 Å². The molecule has 0 aliphatic carbocycles. The summed E-state index contributed by atoms with van der Waals surface area (Å²) in [5, 5.41) is 0. The molecule has 0 heterocycles. The summed E-state index contributed by atoms with van der Waals surface area (Å²) in [5.41, 5.74) is 0. The van der Waals surface area contributed by atoms with Gasteiger partial charge in [0.15, 0.2) is 6.10 Å². The second-order valence-corrected chi connectivity index (χ2v) is 29.9. The van der Waals surface area contributed by atoms with Gasteiger partial charge in [-0.05, 0) is 44.9 Å². The summed E-state index contributed by atoms with van der Waals surface area (Å²) in [6.45, 7) is 4.51. The molecular weight excluding hydrogens is 1120 g/mol. The molecule has 9 nitrogen and oxygen atoms in total. The quantitative estimate of drug-likeness (QED) is 0.0211. The largest absolute Gasteiger partial charge is 0.472 e. The Balaban J connectivity index is 3.90. The van der Waals surface area contributed by atoms with E-state index >= 15 is 0 Å². The van der Waals surface area contributed by atoms with Crippen LogP contribution in [0.4, 0.5) is 0 Å². The molecule has 10 heteroatoms. The molecule has 0 aromatic heterocycles. The lowest BCUT2D eigenvalue weighted by Crippen LogP contribution is -2.37. The van der Waals surface area contributed by atoms with Crippen LogP contribution in [0.15, 0.2) is 24.3 Å². The van der Waals surface area contributed by atoms with E-state index in [1.807, 2.05) is 21.1 Å². The average molecular weight is 1280 g/mol.